The van der Waals surface area contributed by atoms with Crippen molar-refractivity contribution < 1.29 is 127 Å². The third-order valence-corrected chi connectivity index (χ3v) is 27.6. The molecule has 2 unspecified atom stereocenters. The Kier molecular flexibility index (Phi) is 38.9. The number of aliphatic hydroxyl groups excluding tert-OH is 7. The molecule has 0 aromatic heterocycles. The number of benzene rings is 2. The number of nitrogens with zero attached hydrogens (tertiary/aromatic N) is 4. The lowest BCUT2D eigenvalue weighted by atomic mass is 9.74. The highest BCUT2D eigenvalue weighted by Crippen LogP contribution is 2.51. The molecule has 4 fully saturated rings. The second-order valence-corrected chi connectivity index (χ2v) is 38.1. The Balaban J connectivity index is 0.000000305. The predicted molar refractivity (Wildman–Crippen MR) is 477 cm³/mol. The normalized spacial score (nSPS) is 37.5. The van der Waals surface area contributed by atoms with Gasteiger partial charge in [-0.25, -0.2) is 0 Å². The third-order valence-electron chi connectivity index (χ3n) is 27.6. The summed E-state index contributed by atoms with van der Waals surface area (Å²) < 4.78 is 67.9. The first kappa shape index (κ1) is 108. The number of hydrogen-bond acceptors (Lipinski definition) is 32. The van der Waals surface area contributed by atoms with Gasteiger partial charge in [-0.3, -0.25) is 34.0 Å². The first-order chi connectivity index (χ1) is 59.4. The van der Waals surface area contributed by atoms with Crippen LogP contribution in [0.1, 0.15) is 213 Å². The molecule has 0 radical (unpaired) electrons. The van der Waals surface area contributed by atoms with Crippen LogP contribution in [0.25, 0.3) is 10.8 Å². The largest absolute Gasteiger partial charge is 0.507 e. The number of carbonyl (C=O) groups is 5. The number of carbonyl (C=O) groups excluding carboxylic acids is 5. The zero-order valence-electron chi connectivity index (χ0n) is 80.3. The van der Waals surface area contributed by atoms with Gasteiger partial charge in [-0.2, -0.15) is 0 Å². The SMILES string of the molecule is CCC(CO)NCCNC(CC)CO.CC[C@H]1OC(=O)[C@H](C)[C@@H](O[C@H]2C[C@@](C)(OC)[C@@H](O)[C@H](C)O2)[C@H](C)[C@@H](O[C@@H]2O[C@H](C)C[C@H](N(C)C)[C@H]2O)[C@](C)(OC)C[C@@H](C)C(=O)[C@H](C)[C@@H](O)[C@]1(C)O.CO[C@H]1/C=C\O[C@@]2(C)Oc3c(C)c(O)c4c(O)c(c5c(c4c3C2=O)=NC2(CCN(CC(C)C)CC2)N=5)NC(=O)/C(C)=C/C=C\[C@H](C)[C@H](O)[C@@H](C)[C@@H](O)[C@@H](C)[C@@H](OC(C)=O)[C@H]1C. The maximum Gasteiger partial charge on any atom is 0.312 e. The van der Waals surface area contributed by atoms with Crippen LogP contribution in [-0.2, 0) is 66.5 Å². The number of ether oxygens (including phenoxy) is 11. The van der Waals surface area contributed by atoms with Crippen LogP contribution in [0.15, 0.2) is 46.1 Å². The number of likely N-dealkylation sites (N-methyl/N-ethyl adjacent to an activating group) is 1. The standard InChI is InChI=1S/C46H62N4O11.C38H69NO13.C10H24N2O2/c1-22(2)21-50-18-16-46(17-19-50)48-34-31-32-39(54)28(8)42-33(31)43(56)45(10,61-42)59-20-15-30(58-11)25(5)41(60-29(9)51)27(7)38(53)26(6)37(52)23(3)13-12-14-24(4)44(57)47-36(40(32)55)35(34)49-46;1-15-26-38(10,45)31(42)21(4)28(40)19(2)17-37(9,47-14)33(52-35-29(41)25(39(11)12)16-20(3)48-35)22(5)30(23(6)34(44)50-26)51-27-18-36(8,46-13)32(43)24(7)49-27;1-3-9(7-13)11-5-6-12-10(4-2)8-14/h12-15,20,22-23,25-27,30,37-38,41,52-55H,16-19,21H2,1-11H3,(H,47,57);19-27,29-33,35,41-43,45H,15-18H2,1-14H3;9-14H,3-8H2,1-2H3/b13-12-,20-15-,24-14+;;/t23-,25-,26+,27+,30-,37-,38+,41-,45-;19-,20-,21+,22+,23-,24+,25+,26-,27+,29-,30+,31-,32+,33-,35+,36-,37-,38-;/m01./s1. The van der Waals surface area contributed by atoms with E-state index in [-0.39, 0.29) is 118 Å². The molecule has 4 bridgehead atoms. The summed E-state index contributed by atoms with van der Waals surface area (Å²) in [6.07, 6.45) is -1.82. The molecular formula is C94H155N7O26. The smallest absolute Gasteiger partial charge is 0.312 e. The summed E-state index contributed by atoms with van der Waals surface area (Å²) >= 11 is 0. The summed E-state index contributed by atoms with van der Waals surface area (Å²) in [4.78, 5) is 83.7. The Bertz CT molecular complexity index is 4210. The molecule has 0 saturated carbocycles. The topological polar surface area (TPSA) is 456 Å². The van der Waals surface area contributed by atoms with Gasteiger partial charge in [0.2, 0.25) is 0 Å². The maximum absolute atomic E-state index is 14.7. The fraction of sp³-hybridized carbons (Fsp3) is 0.777. The number of anilines is 1. The Labute approximate surface area is 751 Å². The van der Waals surface area contributed by atoms with Gasteiger partial charge in [0.25, 0.3) is 11.7 Å². The molecule has 127 heavy (non-hydrogen) atoms. The van der Waals surface area contributed by atoms with E-state index in [1.54, 1.807) is 114 Å². The molecule has 7 aliphatic rings. The van der Waals surface area contributed by atoms with Crippen molar-refractivity contribution in [1.29, 1.82) is 0 Å². The minimum Gasteiger partial charge on any atom is -0.507 e. The van der Waals surface area contributed by atoms with E-state index in [0.29, 0.717) is 38.3 Å². The molecule has 7 heterocycles. The summed E-state index contributed by atoms with van der Waals surface area (Å²) in [7, 11) is 8.23. The molecule has 1 amide bonds. The van der Waals surface area contributed by atoms with E-state index in [1.165, 1.54) is 48.4 Å². The lowest BCUT2D eigenvalue weighted by Crippen LogP contribution is -2.61. The molecule has 2 aromatic carbocycles. The van der Waals surface area contributed by atoms with Crippen molar-refractivity contribution in [3.05, 3.63) is 58.0 Å². The Morgan fingerprint density at radius 3 is 1.87 bits per heavy atom. The summed E-state index contributed by atoms with van der Waals surface area (Å²) in [6, 6.07) is 0.117. The summed E-state index contributed by atoms with van der Waals surface area (Å²) in [5.41, 5.74) is -4.82. The van der Waals surface area contributed by atoms with E-state index < -0.39 is 185 Å². The van der Waals surface area contributed by atoms with Crippen molar-refractivity contribution >= 4 is 45.9 Å². The first-order valence-electron chi connectivity index (χ1n) is 45.6. The summed E-state index contributed by atoms with van der Waals surface area (Å²) in [5.74, 6) is -10.9. The lowest BCUT2D eigenvalue weighted by molar-refractivity contribution is -0.319. The van der Waals surface area contributed by atoms with E-state index in [0.717, 1.165) is 32.5 Å². The molecule has 33 nitrogen and oxygen atoms in total. The van der Waals surface area contributed by atoms with Crippen molar-refractivity contribution in [1.82, 2.24) is 20.4 Å². The Hall–Kier alpha value is -6.29. The van der Waals surface area contributed by atoms with Gasteiger partial charge in [-0.15, -0.1) is 0 Å². The van der Waals surface area contributed by atoms with Crippen molar-refractivity contribution in [3.63, 3.8) is 0 Å². The number of cyclic esters (lactones) is 1. The fourth-order valence-electron chi connectivity index (χ4n) is 19.0. The maximum atomic E-state index is 14.7. The number of ketones is 2. The molecular weight excluding hydrogens is 1640 g/mol. The number of esters is 2. The number of amides is 1. The molecule has 7 aliphatic heterocycles. The number of nitrogens with one attached hydrogen (secondary N) is 3. The number of aromatic hydroxyl groups is 2. The van der Waals surface area contributed by atoms with Crippen molar-refractivity contribution in [2.75, 3.05) is 86.7 Å². The number of rotatable bonds is 21. The van der Waals surface area contributed by atoms with Gasteiger partial charge in [0.1, 0.15) is 58.3 Å². The minimum atomic E-state index is -1.96. The zero-order chi connectivity index (χ0) is 95.4. The van der Waals surface area contributed by atoms with Crippen molar-refractivity contribution in [3.8, 4) is 17.2 Å². The third kappa shape index (κ3) is 24.8. The summed E-state index contributed by atoms with van der Waals surface area (Å²) in [5, 5.41) is 120. The highest BCUT2D eigenvalue weighted by molar-refractivity contribution is 6.19. The molecule has 1 spiro atoms. The predicted octanol–water partition coefficient (Wildman–Crippen LogP) is 6.90. The van der Waals surface area contributed by atoms with Gasteiger partial charge in [0.15, 0.2) is 24.0 Å². The van der Waals surface area contributed by atoms with Gasteiger partial charge >= 0.3 is 17.7 Å². The van der Waals surface area contributed by atoms with Crippen LogP contribution in [0, 0.1) is 60.2 Å². The Morgan fingerprint density at radius 1 is 0.724 bits per heavy atom. The molecule has 13 N–H and O–H groups in total. The second kappa shape index (κ2) is 45.9. The van der Waals surface area contributed by atoms with E-state index in [2.05, 4.69) is 34.7 Å². The monoisotopic (exact) mass is 1800 g/mol. The zero-order valence-corrected chi connectivity index (χ0v) is 80.3. The number of Topliss-reactive ketones (excluding diaryl/α,β-unsaturated/α-hetero) is 2. The van der Waals surface area contributed by atoms with Gasteiger partial charge in [-0.1, -0.05) is 101 Å². The van der Waals surface area contributed by atoms with Crippen LogP contribution in [0.4, 0.5) is 5.69 Å². The van der Waals surface area contributed by atoms with Gasteiger partial charge < -0.3 is 129 Å². The number of phenols is 2. The molecule has 29 atom stereocenters. The fourth-order valence-corrected chi connectivity index (χ4v) is 19.0. The number of likely N-dealkylation sites (tertiary alicyclic amines) is 1. The van der Waals surface area contributed by atoms with Crippen molar-refractivity contribution in [2.45, 2.75) is 336 Å². The number of piperidine rings is 1. The van der Waals surface area contributed by atoms with Gasteiger partial charge in [0.05, 0.1) is 102 Å². The number of allylic oxidation sites excluding steroid dienone is 2. The highest BCUT2D eigenvalue weighted by atomic mass is 16.7. The number of fused-ring (bicyclic) bond motifs is 1. The molecule has 33 heteroatoms. The van der Waals surface area contributed by atoms with Crippen LogP contribution in [0.2, 0.25) is 0 Å². The van der Waals surface area contributed by atoms with Crippen LogP contribution in [0.3, 0.4) is 0 Å². The quantitative estimate of drug-likeness (QED) is 0.0343. The van der Waals surface area contributed by atoms with Gasteiger partial charge in [-0.05, 0) is 114 Å². The molecule has 2 aromatic rings. The van der Waals surface area contributed by atoms with E-state index in [9.17, 15) is 64.8 Å². The first-order valence-corrected chi connectivity index (χ1v) is 45.6. The molecule has 0 aliphatic carbocycles. The number of methoxy groups -OCH3 is 3. The molecule has 4 saturated heterocycles. The van der Waals surface area contributed by atoms with Crippen LogP contribution < -0.4 is 31.4 Å². The van der Waals surface area contributed by atoms with Gasteiger partial charge in [0, 0.05) is 163 Å². The summed E-state index contributed by atoms with van der Waals surface area (Å²) in [6.45, 7) is 42.7. The Morgan fingerprint density at radius 2 is 1.32 bits per heavy atom. The molecule has 722 valence electrons. The van der Waals surface area contributed by atoms with Crippen LogP contribution in [-0.4, -0.2) is 304 Å². The van der Waals surface area contributed by atoms with Crippen LogP contribution in [0.5, 0.6) is 17.2 Å². The van der Waals surface area contributed by atoms with E-state index in [4.69, 9.17) is 72.3 Å². The van der Waals surface area contributed by atoms with Crippen molar-refractivity contribution in [2.24, 2.45) is 63.2 Å². The number of hydrogen-bond donors (Lipinski definition) is 13. The molecule has 9 rings (SSSR count). The number of phenolic OH excluding ortho intramolecular Hbond substituents is 2. The van der Waals surface area contributed by atoms with E-state index >= 15 is 0 Å². The van der Waals surface area contributed by atoms with Crippen LogP contribution >= 0.6 is 0 Å². The highest BCUT2D eigenvalue weighted by Gasteiger charge is 2.56. The lowest BCUT2D eigenvalue weighted by Gasteiger charge is -2.50. The number of aliphatic hydroxyl groups is 8. The van der Waals surface area contributed by atoms with E-state index in [1.807, 2.05) is 46.7 Å². The average molecular weight is 1800 g/mol. The average Bonchev–Trinajstić information content (AvgIpc) is 1.55. The minimum absolute atomic E-state index is 0.0364. The second-order valence-electron chi connectivity index (χ2n) is 38.1.